The van der Waals surface area contributed by atoms with Gasteiger partial charge in [-0.2, -0.15) is 0 Å². The van der Waals surface area contributed by atoms with Gasteiger partial charge < -0.3 is 10.4 Å². The number of halogens is 2. The third-order valence-corrected chi connectivity index (χ3v) is 5.61. The van der Waals surface area contributed by atoms with Gasteiger partial charge in [-0.05, 0) is 43.7 Å². The SMILES string of the molecule is CC(Sc1nc2ccccc2c(=O)n1CCCO)C(=O)Nc1ccc(F)cc1Cl. The molecule has 2 N–H and O–H groups in total. The number of anilines is 1. The van der Waals surface area contributed by atoms with E-state index in [1.807, 2.05) is 0 Å². The Morgan fingerprint density at radius 1 is 1.34 bits per heavy atom. The largest absolute Gasteiger partial charge is 0.396 e. The molecule has 0 saturated carbocycles. The Labute approximate surface area is 175 Å². The molecule has 0 aliphatic heterocycles. The number of para-hydroxylation sites is 1. The van der Waals surface area contributed by atoms with Gasteiger partial charge in [0, 0.05) is 13.2 Å². The van der Waals surface area contributed by atoms with Crippen molar-refractivity contribution < 1.29 is 14.3 Å². The standard InChI is InChI=1S/C20H19ClFN3O3S/c1-12(18(27)23-17-8-7-13(22)11-15(17)21)29-20-24-16-6-3-2-5-14(16)19(28)25(20)9-4-10-26/h2-3,5-8,11-12,26H,4,9-10H2,1H3,(H,23,27). The zero-order valence-corrected chi connectivity index (χ0v) is 17.1. The summed E-state index contributed by atoms with van der Waals surface area (Å²) in [7, 11) is 0. The first kappa shape index (κ1) is 21.3. The quantitative estimate of drug-likeness (QED) is 0.436. The van der Waals surface area contributed by atoms with Crippen molar-refractivity contribution in [2.24, 2.45) is 0 Å². The van der Waals surface area contributed by atoms with E-state index in [-0.39, 0.29) is 29.6 Å². The molecule has 29 heavy (non-hydrogen) atoms. The minimum absolute atomic E-state index is 0.0670. The van der Waals surface area contributed by atoms with Crippen LogP contribution in [0.1, 0.15) is 13.3 Å². The molecule has 0 radical (unpaired) electrons. The fraction of sp³-hybridized carbons (Fsp3) is 0.250. The zero-order chi connectivity index (χ0) is 21.0. The van der Waals surface area contributed by atoms with Crippen LogP contribution in [0.25, 0.3) is 10.9 Å². The van der Waals surface area contributed by atoms with Crippen LogP contribution in [0.2, 0.25) is 5.02 Å². The van der Waals surface area contributed by atoms with E-state index < -0.39 is 11.1 Å². The third-order valence-electron chi connectivity index (χ3n) is 4.21. The smallest absolute Gasteiger partial charge is 0.262 e. The van der Waals surface area contributed by atoms with Crippen molar-refractivity contribution in [1.29, 1.82) is 0 Å². The maximum atomic E-state index is 13.2. The second-order valence-electron chi connectivity index (χ2n) is 6.32. The second-order valence-corrected chi connectivity index (χ2v) is 8.03. The minimum Gasteiger partial charge on any atom is -0.396 e. The molecule has 1 atom stereocenters. The molecule has 9 heteroatoms. The van der Waals surface area contributed by atoms with E-state index in [1.165, 1.54) is 16.7 Å². The number of aromatic nitrogens is 2. The van der Waals surface area contributed by atoms with Crippen LogP contribution >= 0.6 is 23.4 Å². The van der Waals surface area contributed by atoms with Crippen molar-refractivity contribution in [1.82, 2.24) is 9.55 Å². The molecular formula is C20H19ClFN3O3S. The minimum atomic E-state index is -0.607. The first-order valence-corrected chi connectivity index (χ1v) is 10.2. The van der Waals surface area contributed by atoms with Crippen LogP contribution < -0.4 is 10.9 Å². The number of fused-ring (bicyclic) bond motifs is 1. The van der Waals surface area contributed by atoms with Gasteiger partial charge in [0.05, 0.1) is 26.9 Å². The molecule has 2 aromatic carbocycles. The number of benzene rings is 2. The van der Waals surface area contributed by atoms with E-state index >= 15 is 0 Å². The van der Waals surface area contributed by atoms with Gasteiger partial charge in [0.2, 0.25) is 5.91 Å². The van der Waals surface area contributed by atoms with Crippen LogP contribution in [-0.2, 0) is 11.3 Å². The van der Waals surface area contributed by atoms with Gasteiger partial charge in [-0.3, -0.25) is 14.2 Å². The van der Waals surface area contributed by atoms with Gasteiger partial charge in [0.1, 0.15) is 5.82 Å². The van der Waals surface area contributed by atoms with Crippen molar-refractivity contribution in [2.45, 2.75) is 30.3 Å². The highest BCUT2D eigenvalue weighted by molar-refractivity contribution is 8.00. The van der Waals surface area contributed by atoms with Gasteiger partial charge in [0.15, 0.2) is 5.16 Å². The molecule has 152 valence electrons. The highest BCUT2D eigenvalue weighted by Gasteiger charge is 2.20. The van der Waals surface area contributed by atoms with Crippen LogP contribution in [0.3, 0.4) is 0 Å². The predicted molar refractivity (Wildman–Crippen MR) is 113 cm³/mol. The Morgan fingerprint density at radius 3 is 2.83 bits per heavy atom. The van der Waals surface area contributed by atoms with E-state index in [0.717, 1.165) is 17.8 Å². The lowest BCUT2D eigenvalue weighted by atomic mass is 10.2. The Hall–Kier alpha value is -2.42. The van der Waals surface area contributed by atoms with Gasteiger partial charge >= 0.3 is 0 Å². The molecule has 0 bridgehead atoms. The van der Waals surface area contributed by atoms with E-state index in [9.17, 15) is 14.0 Å². The number of nitrogens with zero attached hydrogens (tertiary/aromatic N) is 2. The summed E-state index contributed by atoms with van der Waals surface area (Å²) in [5.74, 6) is -0.858. The molecule has 1 aromatic heterocycles. The maximum Gasteiger partial charge on any atom is 0.262 e. The van der Waals surface area contributed by atoms with E-state index in [1.54, 1.807) is 31.2 Å². The number of carbonyl (C=O) groups excluding carboxylic acids is 1. The maximum absolute atomic E-state index is 13.2. The van der Waals surface area contributed by atoms with Crippen LogP contribution in [0, 0.1) is 5.82 Å². The Balaban J connectivity index is 1.87. The molecule has 0 aliphatic rings. The number of hydrogen-bond acceptors (Lipinski definition) is 5. The molecule has 6 nitrogen and oxygen atoms in total. The first-order chi connectivity index (χ1) is 13.9. The van der Waals surface area contributed by atoms with Gasteiger partial charge in [0.25, 0.3) is 5.56 Å². The summed E-state index contributed by atoms with van der Waals surface area (Å²) in [4.78, 5) is 30.0. The molecule has 1 unspecified atom stereocenters. The average Bonchev–Trinajstić information content (AvgIpc) is 2.70. The molecular weight excluding hydrogens is 417 g/mol. The molecule has 3 aromatic rings. The lowest BCUT2D eigenvalue weighted by Crippen LogP contribution is -2.27. The molecule has 1 heterocycles. The molecule has 1 amide bonds. The van der Waals surface area contributed by atoms with Gasteiger partial charge in [-0.25, -0.2) is 9.37 Å². The fourth-order valence-corrected chi connectivity index (χ4v) is 3.85. The highest BCUT2D eigenvalue weighted by Crippen LogP contribution is 2.26. The number of rotatable bonds is 7. The molecule has 0 aliphatic carbocycles. The Morgan fingerprint density at radius 2 is 2.10 bits per heavy atom. The number of aliphatic hydroxyl groups excluding tert-OH is 1. The second kappa shape index (κ2) is 9.39. The number of nitrogens with one attached hydrogen (secondary N) is 1. The van der Waals surface area contributed by atoms with E-state index in [0.29, 0.717) is 28.2 Å². The first-order valence-electron chi connectivity index (χ1n) is 8.93. The zero-order valence-electron chi connectivity index (χ0n) is 15.6. The summed E-state index contributed by atoms with van der Waals surface area (Å²) in [6, 6.07) is 10.7. The monoisotopic (exact) mass is 435 g/mol. The average molecular weight is 436 g/mol. The van der Waals surface area contributed by atoms with Crippen molar-refractivity contribution >= 4 is 45.9 Å². The lowest BCUT2D eigenvalue weighted by molar-refractivity contribution is -0.115. The summed E-state index contributed by atoms with van der Waals surface area (Å²) in [5.41, 5.74) is 0.616. The van der Waals surface area contributed by atoms with Crippen LogP contribution in [-0.4, -0.2) is 32.4 Å². The number of hydrogen-bond donors (Lipinski definition) is 2. The van der Waals surface area contributed by atoms with E-state index in [4.69, 9.17) is 16.7 Å². The summed E-state index contributed by atoms with van der Waals surface area (Å²) in [5, 5.41) is 12.2. The Kier molecular flexibility index (Phi) is 6.89. The summed E-state index contributed by atoms with van der Waals surface area (Å²) >= 11 is 7.09. The number of amides is 1. The van der Waals surface area contributed by atoms with Crippen molar-refractivity contribution in [3.05, 3.63) is 63.7 Å². The summed E-state index contributed by atoms with van der Waals surface area (Å²) < 4.78 is 14.7. The number of thioether (sulfide) groups is 1. The molecule has 0 saturated heterocycles. The number of aliphatic hydroxyl groups is 1. The number of carbonyl (C=O) groups is 1. The van der Waals surface area contributed by atoms with Crippen LogP contribution in [0.4, 0.5) is 10.1 Å². The fourth-order valence-electron chi connectivity index (χ4n) is 2.70. The summed E-state index contributed by atoms with van der Waals surface area (Å²) in [6.07, 6.45) is 0.388. The Bertz CT molecular complexity index is 1110. The molecule has 0 fully saturated rings. The molecule has 0 spiro atoms. The lowest BCUT2D eigenvalue weighted by Gasteiger charge is -2.16. The molecule has 3 rings (SSSR count). The summed E-state index contributed by atoms with van der Waals surface area (Å²) in [6.45, 7) is 1.89. The van der Waals surface area contributed by atoms with Crippen molar-refractivity contribution in [3.8, 4) is 0 Å². The van der Waals surface area contributed by atoms with Crippen molar-refractivity contribution in [3.63, 3.8) is 0 Å². The predicted octanol–water partition coefficient (Wildman–Crippen LogP) is 3.69. The van der Waals surface area contributed by atoms with Crippen LogP contribution in [0.5, 0.6) is 0 Å². The van der Waals surface area contributed by atoms with Crippen molar-refractivity contribution in [2.75, 3.05) is 11.9 Å². The van der Waals surface area contributed by atoms with Gasteiger partial charge in [-0.1, -0.05) is 35.5 Å². The third kappa shape index (κ3) is 4.95. The normalized spacial score (nSPS) is 12.1. The van der Waals surface area contributed by atoms with Gasteiger partial charge in [-0.15, -0.1) is 0 Å². The highest BCUT2D eigenvalue weighted by atomic mass is 35.5. The topological polar surface area (TPSA) is 84.2 Å². The van der Waals surface area contributed by atoms with Crippen LogP contribution in [0.15, 0.2) is 52.4 Å². The van der Waals surface area contributed by atoms with E-state index in [2.05, 4.69) is 10.3 Å².